The van der Waals surface area contributed by atoms with E-state index in [2.05, 4.69) is 20.3 Å². The van der Waals surface area contributed by atoms with Gasteiger partial charge in [-0.3, -0.25) is 14.6 Å². The summed E-state index contributed by atoms with van der Waals surface area (Å²) in [5.74, 6) is 0.0801. The molecule has 180 valence electrons. The number of anilines is 1. The van der Waals surface area contributed by atoms with Crippen molar-refractivity contribution in [2.75, 3.05) is 11.4 Å². The summed E-state index contributed by atoms with van der Waals surface area (Å²) in [7, 11) is 0. The Morgan fingerprint density at radius 1 is 1.32 bits per heavy atom. The first-order chi connectivity index (χ1) is 16.2. The van der Waals surface area contributed by atoms with Gasteiger partial charge in [0.25, 0.3) is 5.91 Å². The number of ketones is 1. The maximum Gasteiger partial charge on any atom is 0.256 e. The lowest BCUT2D eigenvalue weighted by molar-refractivity contribution is -0.124. The SMILES string of the molecule is CC(=O)C(C)O.C[C@@H]1CCc2ncc(F)cc2[C@H]2CCCN2c2ccn3ncc(c3n2)C(=O)N1. The van der Waals surface area contributed by atoms with E-state index in [-0.39, 0.29) is 29.6 Å². The van der Waals surface area contributed by atoms with Gasteiger partial charge in [-0.15, -0.1) is 0 Å². The predicted molar refractivity (Wildman–Crippen MR) is 124 cm³/mol. The highest BCUT2D eigenvalue weighted by Crippen LogP contribution is 2.37. The Labute approximate surface area is 197 Å². The van der Waals surface area contributed by atoms with Crippen molar-refractivity contribution < 1.29 is 19.1 Å². The van der Waals surface area contributed by atoms with Crippen LogP contribution in [0.25, 0.3) is 5.65 Å². The van der Waals surface area contributed by atoms with Crippen molar-refractivity contribution in [3.8, 4) is 0 Å². The van der Waals surface area contributed by atoms with Gasteiger partial charge in [-0.05, 0) is 64.2 Å². The molecule has 2 aliphatic heterocycles. The molecule has 10 heteroatoms. The summed E-state index contributed by atoms with van der Waals surface area (Å²) in [6.45, 7) is 5.59. The first-order valence-electron chi connectivity index (χ1n) is 11.5. The van der Waals surface area contributed by atoms with Gasteiger partial charge in [0.1, 0.15) is 23.3 Å². The van der Waals surface area contributed by atoms with Crippen LogP contribution in [-0.4, -0.2) is 55.1 Å². The van der Waals surface area contributed by atoms with E-state index in [9.17, 15) is 14.0 Å². The zero-order chi connectivity index (χ0) is 24.4. The lowest BCUT2D eigenvalue weighted by atomic mass is 9.98. The van der Waals surface area contributed by atoms with Crippen LogP contribution >= 0.6 is 0 Å². The number of halogens is 1. The van der Waals surface area contributed by atoms with Crippen molar-refractivity contribution >= 4 is 23.2 Å². The molecule has 0 aromatic carbocycles. The number of nitrogens with one attached hydrogen (secondary N) is 1. The summed E-state index contributed by atoms with van der Waals surface area (Å²) in [6, 6.07) is 3.48. The number of hydrogen-bond acceptors (Lipinski definition) is 7. The van der Waals surface area contributed by atoms with Gasteiger partial charge in [0.15, 0.2) is 11.4 Å². The Bertz CT molecular complexity index is 1210. The number of fused-ring (bicyclic) bond motifs is 5. The van der Waals surface area contributed by atoms with Crippen LogP contribution in [-0.2, 0) is 11.2 Å². The van der Waals surface area contributed by atoms with Crippen molar-refractivity contribution in [3.05, 3.63) is 53.4 Å². The summed E-state index contributed by atoms with van der Waals surface area (Å²) < 4.78 is 15.7. The molecule has 5 rings (SSSR count). The third kappa shape index (κ3) is 4.91. The summed E-state index contributed by atoms with van der Waals surface area (Å²) >= 11 is 0. The van der Waals surface area contributed by atoms with E-state index in [0.717, 1.165) is 42.9 Å². The van der Waals surface area contributed by atoms with Gasteiger partial charge in [-0.1, -0.05) is 0 Å². The quantitative estimate of drug-likeness (QED) is 0.565. The topological polar surface area (TPSA) is 113 Å². The predicted octanol–water partition coefficient (Wildman–Crippen LogP) is 2.63. The van der Waals surface area contributed by atoms with E-state index in [1.807, 2.05) is 19.2 Å². The van der Waals surface area contributed by atoms with Crippen molar-refractivity contribution in [2.24, 2.45) is 0 Å². The molecule has 0 radical (unpaired) electrons. The monoisotopic (exact) mass is 468 g/mol. The summed E-state index contributed by atoms with van der Waals surface area (Å²) in [5, 5.41) is 15.6. The van der Waals surface area contributed by atoms with Gasteiger partial charge in [0, 0.05) is 24.5 Å². The molecule has 1 unspecified atom stereocenters. The van der Waals surface area contributed by atoms with Crippen LogP contribution in [0.3, 0.4) is 0 Å². The summed E-state index contributed by atoms with van der Waals surface area (Å²) in [5.41, 5.74) is 2.81. The third-order valence-corrected chi connectivity index (χ3v) is 6.26. The van der Waals surface area contributed by atoms with E-state index in [1.165, 1.54) is 20.0 Å². The number of aromatic nitrogens is 4. The molecule has 0 saturated carbocycles. The van der Waals surface area contributed by atoms with E-state index < -0.39 is 6.10 Å². The number of aryl methyl sites for hydroxylation is 1. The number of hydrogen-bond donors (Lipinski definition) is 2. The van der Waals surface area contributed by atoms with Gasteiger partial charge < -0.3 is 15.3 Å². The van der Waals surface area contributed by atoms with Gasteiger partial charge >= 0.3 is 0 Å². The second kappa shape index (κ2) is 9.84. The smallest absolute Gasteiger partial charge is 0.256 e. The highest BCUT2D eigenvalue weighted by Gasteiger charge is 2.31. The van der Waals surface area contributed by atoms with E-state index in [4.69, 9.17) is 10.1 Å². The molecule has 3 aromatic heterocycles. The Balaban J connectivity index is 0.000000408. The molecule has 1 fully saturated rings. The maximum absolute atomic E-state index is 14.1. The zero-order valence-corrected chi connectivity index (χ0v) is 19.5. The van der Waals surface area contributed by atoms with Crippen LogP contribution in [0.4, 0.5) is 10.2 Å². The second-order valence-corrected chi connectivity index (χ2v) is 8.85. The summed E-state index contributed by atoms with van der Waals surface area (Å²) in [6.07, 6.45) is 7.18. The third-order valence-electron chi connectivity index (χ3n) is 6.26. The number of amides is 1. The van der Waals surface area contributed by atoms with Crippen molar-refractivity contribution in [1.29, 1.82) is 0 Å². The molecular formula is C24H29FN6O3. The normalized spacial score (nSPS) is 20.7. The fourth-order valence-corrected chi connectivity index (χ4v) is 4.25. The first-order valence-corrected chi connectivity index (χ1v) is 11.5. The highest BCUT2D eigenvalue weighted by molar-refractivity contribution is 5.99. The van der Waals surface area contributed by atoms with Crippen LogP contribution in [0, 0.1) is 5.82 Å². The van der Waals surface area contributed by atoms with Gasteiger partial charge in [0.2, 0.25) is 0 Å². The number of Topliss-reactive ketones (excluding diaryl/α,β-unsaturated/α-hetero) is 1. The molecule has 0 spiro atoms. The second-order valence-electron chi connectivity index (χ2n) is 8.85. The molecule has 0 aliphatic carbocycles. The fraction of sp³-hybridized carbons (Fsp3) is 0.458. The number of nitrogens with zero attached hydrogens (tertiary/aromatic N) is 5. The molecule has 5 heterocycles. The Kier molecular flexibility index (Phi) is 6.87. The number of carbonyl (C=O) groups is 2. The fourth-order valence-electron chi connectivity index (χ4n) is 4.25. The Morgan fingerprint density at radius 3 is 2.82 bits per heavy atom. The van der Waals surface area contributed by atoms with Crippen LogP contribution < -0.4 is 10.2 Å². The number of aliphatic hydroxyl groups is 1. The van der Waals surface area contributed by atoms with Crippen LogP contribution in [0.1, 0.15) is 67.7 Å². The standard InChI is InChI=1S/C20H21FN6O.C4H8O2/c1-12-4-5-16-14(9-13(21)10-22-16)17-3-2-7-26(17)18-6-8-27-19(25-18)15(11-23-27)20(28)24-12;1-3(5)4(2)6/h6,8-12,17H,2-5,7H2,1H3,(H,24,28);3,5H,1-2H3/t12-,17-;/m1./s1. The number of carbonyl (C=O) groups excluding carboxylic acids is 2. The largest absolute Gasteiger partial charge is 0.386 e. The van der Waals surface area contributed by atoms with Gasteiger partial charge in [0.05, 0.1) is 18.4 Å². The molecule has 2 bridgehead atoms. The first kappa shape index (κ1) is 23.7. The Morgan fingerprint density at radius 2 is 2.09 bits per heavy atom. The van der Waals surface area contributed by atoms with Crippen LogP contribution in [0.5, 0.6) is 0 Å². The number of rotatable bonds is 1. The van der Waals surface area contributed by atoms with Crippen molar-refractivity contribution in [2.45, 2.75) is 64.6 Å². The van der Waals surface area contributed by atoms with E-state index in [0.29, 0.717) is 17.6 Å². The van der Waals surface area contributed by atoms with E-state index in [1.54, 1.807) is 16.8 Å². The Hall–Kier alpha value is -3.40. The average molecular weight is 469 g/mol. The molecule has 34 heavy (non-hydrogen) atoms. The lowest BCUT2D eigenvalue weighted by Gasteiger charge is -2.27. The van der Waals surface area contributed by atoms with Crippen LogP contribution in [0.15, 0.2) is 30.7 Å². The van der Waals surface area contributed by atoms with Crippen molar-refractivity contribution in [1.82, 2.24) is 24.9 Å². The molecule has 2 N–H and O–H groups in total. The minimum atomic E-state index is -0.787. The van der Waals surface area contributed by atoms with Crippen molar-refractivity contribution in [3.63, 3.8) is 0 Å². The number of aliphatic hydroxyl groups excluding tert-OH is 1. The minimum Gasteiger partial charge on any atom is -0.386 e. The summed E-state index contributed by atoms with van der Waals surface area (Å²) in [4.78, 5) is 34.0. The molecule has 1 amide bonds. The molecule has 2 aliphatic rings. The van der Waals surface area contributed by atoms with E-state index >= 15 is 0 Å². The van der Waals surface area contributed by atoms with Gasteiger partial charge in [-0.2, -0.15) is 5.10 Å². The molecule has 3 aromatic rings. The average Bonchev–Trinajstić information content (AvgIpc) is 3.44. The number of pyridine rings is 1. The molecule has 9 nitrogen and oxygen atoms in total. The van der Waals surface area contributed by atoms with Crippen LogP contribution in [0.2, 0.25) is 0 Å². The lowest BCUT2D eigenvalue weighted by Crippen LogP contribution is -2.33. The highest BCUT2D eigenvalue weighted by atomic mass is 19.1. The molecule has 1 saturated heterocycles. The minimum absolute atomic E-state index is 0.0271. The zero-order valence-electron chi connectivity index (χ0n) is 19.5. The van der Waals surface area contributed by atoms with Gasteiger partial charge in [-0.25, -0.2) is 13.9 Å². The molecular weight excluding hydrogens is 439 g/mol. The maximum atomic E-state index is 14.1. The molecule has 3 atom stereocenters.